The second-order valence-corrected chi connectivity index (χ2v) is 8.42. The van der Waals surface area contributed by atoms with Crippen LogP contribution in [0.4, 0.5) is 4.39 Å². The fourth-order valence-corrected chi connectivity index (χ4v) is 4.36. The number of likely N-dealkylation sites (tertiary alicyclic amines) is 1. The van der Waals surface area contributed by atoms with Crippen LogP contribution in [0.3, 0.4) is 0 Å². The van der Waals surface area contributed by atoms with E-state index in [1.165, 1.54) is 17.0 Å². The fourth-order valence-electron chi connectivity index (χ4n) is 2.94. The monoisotopic (exact) mass is 386 g/mol. The van der Waals surface area contributed by atoms with Gasteiger partial charge in [0.05, 0.1) is 5.92 Å². The quantitative estimate of drug-likeness (QED) is 0.770. The topological polar surface area (TPSA) is 104 Å². The van der Waals surface area contributed by atoms with Gasteiger partial charge in [-0.15, -0.1) is 0 Å². The maximum Gasteiger partial charge on any atom is 0.308 e. The third-order valence-corrected chi connectivity index (χ3v) is 5.90. The van der Waals surface area contributed by atoms with Gasteiger partial charge in [0, 0.05) is 13.1 Å². The summed E-state index contributed by atoms with van der Waals surface area (Å²) in [5.74, 6) is -3.43. The van der Waals surface area contributed by atoms with Gasteiger partial charge in [-0.1, -0.05) is 26.0 Å². The molecule has 2 rings (SSSR count). The number of nitrogens with one attached hydrogen (secondary N) is 1. The molecular formula is C17H23FN2O5S. The number of carbonyl (C=O) groups is 2. The molecule has 7 nitrogen and oxygen atoms in total. The van der Waals surface area contributed by atoms with Crippen molar-refractivity contribution in [1.29, 1.82) is 0 Å². The van der Waals surface area contributed by atoms with Crippen LogP contribution in [-0.2, 0) is 19.6 Å². The van der Waals surface area contributed by atoms with Crippen LogP contribution in [0, 0.1) is 17.7 Å². The number of aliphatic carboxylic acids is 1. The molecule has 0 bridgehead atoms. The first-order valence-corrected chi connectivity index (χ1v) is 9.90. The number of amides is 1. The number of hydrogen-bond donors (Lipinski definition) is 2. The highest BCUT2D eigenvalue weighted by atomic mass is 32.2. The lowest BCUT2D eigenvalue weighted by Crippen LogP contribution is -2.54. The Morgan fingerprint density at radius 3 is 2.54 bits per heavy atom. The lowest BCUT2D eigenvalue weighted by Gasteiger charge is -2.34. The van der Waals surface area contributed by atoms with Crippen LogP contribution in [0.25, 0.3) is 0 Å². The summed E-state index contributed by atoms with van der Waals surface area (Å²) in [5.41, 5.74) is 0. The van der Waals surface area contributed by atoms with Crippen LogP contribution >= 0.6 is 0 Å². The average molecular weight is 386 g/mol. The van der Waals surface area contributed by atoms with Crippen LogP contribution in [0.1, 0.15) is 26.7 Å². The van der Waals surface area contributed by atoms with E-state index in [1.54, 1.807) is 13.8 Å². The first-order valence-electron chi connectivity index (χ1n) is 8.42. The molecule has 144 valence electrons. The Morgan fingerprint density at radius 1 is 1.31 bits per heavy atom. The van der Waals surface area contributed by atoms with E-state index in [1.807, 2.05) is 0 Å². The molecule has 2 atom stereocenters. The largest absolute Gasteiger partial charge is 0.481 e. The Hall–Kier alpha value is -2.00. The van der Waals surface area contributed by atoms with Crippen LogP contribution < -0.4 is 4.72 Å². The van der Waals surface area contributed by atoms with E-state index in [-0.39, 0.29) is 6.54 Å². The number of carboxylic acids is 1. The zero-order valence-electron chi connectivity index (χ0n) is 14.7. The van der Waals surface area contributed by atoms with E-state index in [9.17, 15) is 22.4 Å². The van der Waals surface area contributed by atoms with Gasteiger partial charge in [-0.25, -0.2) is 12.8 Å². The Balaban J connectivity index is 2.22. The number of nitrogens with zero attached hydrogens (tertiary/aromatic N) is 1. The minimum atomic E-state index is -4.24. The van der Waals surface area contributed by atoms with E-state index in [4.69, 9.17) is 5.11 Å². The summed E-state index contributed by atoms with van der Waals surface area (Å²) in [5, 5.41) is 9.16. The molecule has 0 spiro atoms. The standard InChI is InChI=1S/C17H23FN2O5S/c1-11(2)15(16(21)20-9-5-6-12(10-20)17(22)23)19-26(24,25)14-8-4-3-7-13(14)18/h3-4,7-8,11-12,15,19H,5-6,9-10H2,1-2H3,(H,22,23)/t12-,15?/m0/s1. The Morgan fingerprint density at radius 2 is 1.96 bits per heavy atom. The molecule has 0 radical (unpaired) electrons. The van der Waals surface area contributed by atoms with Crippen molar-refractivity contribution in [3.63, 3.8) is 0 Å². The SMILES string of the molecule is CC(C)C(NS(=O)(=O)c1ccccc1F)C(=O)N1CCC[C@H](C(=O)O)C1. The second-order valence-electron chi connectivity index (χ2n) is 6.74. The van der Waals surface area contributed by atoms with Gasteiger partial charge in [-0.2, -0.15) is 4.72 Å². The van der Waals surface area contributed by atoms with Crippen LogP contribution in [-0.4, -0.2) is 49.4 Å². The fraction of sp³-hybridized carbons (Fsp3) is 0.529. The summed E-state index contributed by atoms with van der Waals surface area (Å²) in [6.45, 7) is 3.75. The van der Waals surface area contributed by atoms with Crippen LogP contribution in [0.2, 0.25) is 0 Å². The van der Waals surface area contributed by atoms with Gasteiger partial charge in [0.15, 0.2) is 0 Å². The molecule has 1 aromatic rings. The third-order valence-electron chi connectivity index (χ3n) is 4.42. The zero-order chi connectivity index (χ0) is 19.5. The summed E-state index contributed by atoms with van der Waals surface area (Å²) < 4.78 is 41.2. The highest BCUT2D eigenvalue weighted by Gasteiger charge is 2.35. The van der Waals surface area contributed by atoms with Gasteiger partial charge in [0.2, 0.25) is 15.9 Å². The van der Waals surface area contributed by atoms with Gasteiger partial charge < -0.3 is 10.0 Å². The molecular weight excluding hydrogens is 363 g/mol. The Bertz CT molecular complexity index is 781. The lowest BCUT2D eigenvalue weighted by atomic mass is 9.96. The average Bonchev–Trinajstić information content (AvgIpc) is 2.59. The Kier molecular flexibility index (Phi) is 6.35. The molecule has 1 saturated heterocycles. The molecule has 1 heterocycles. The lowest BCUT2D eigenvalue weighted by molar-refractivity contribution is -0.146. The molecule has 9 heteroatoms. The summed E-state index contributed by atoms with van der Waals surface area (Å²) >= 11 is 0. The van der Waals surface area contributed by atoms with Gasteiger partial charge in [0.1, 0.15) is 16.8 Å². The molecule has 1 aliphatic rings. The molecule has 1 unspecified atom stereocenters. The maximum atomic E-state index is 13.9. The van der Waals surface area contributed by atoms with Crippen molar-refractivity contribution in [2.24, 2.45) is 11.8 Å². The molecule has 1 aliphatic heterocycles. The zero-order valence-corrected chi connectivity index (χ0v) is 15.5. The predicted octanol–water partition coefficient (Wildman–Crippen LogP) is 1.45. The summed E-state index contributed by atoms with van der Waals surface area (Å²) in [6.07, 6.45) is 1.01. The summed E-state index contributed by atoms with van der Waals surface area (Å²) in [7, 11) is -4.24. The number of carboxylic acid groups (broad SMARTS) is 1. The summed E-state index contributed by atoms with van der Waals surface area (Å²) in [6, 6.07) is 3.82. The van der Waals surface area contributed by atoms with Crippen LogP contribution in [0.5, 0.6) is 0 Å². The number of benzene rings is 1. The van der Waals surface area contributed by atoms with Crippen molar-refractivity contribution < 1.29 is 27.5 Å². The van der Waals surface area contributed by atoms with Crippen molar-refractivity contribution in [3.8, 4) is 0 Å². The van der Waals surface area contributed by atoms with Gasteiger partial charge >= 0.3 is 5.97 Å². The van der Waals surface area contributed by atoms with E-state index in [0.717, 1.165) is 12.1 Å². The number of carbonyl (C=O) groups excluding carboxylic acids is 1. The van der Waals surface area contributed by atoms with E-state index in [0.29, 0.717) is 19.4 Å². The van der Waals surface area contributed by atoms with Gasteiger partial charge in [-0.05, 0) is 30.9 Å². The highest BCUT2D eigenvalue weighted by molar-refractivity contribution is 7.89. The molecule has 0 saturated carbocycles. The third kappa shape index (κ3) is 4.59. The van der Waals surface area contributed by atoms with E-state index in [2.05, 4.69) is 4.72 Å². The number of rotatable bonds is 6. The summed E-state index contributed by atoms with van der Waals surface area (Å²) in [4.78, 5) is 24.8. The number of piperidine rings is 1. The predicted molar refractivity (Wildman–Crippen MR) is 92.3 cm³/mol. The molecule has 1 aromatic carbocycles. The first kappa shape index (κ1) is 20.3. The normalized spacial score (nSPS) is 19.4. The molecule has 1 amide bonds. The minimum Gasteiger partial charge on any atom is -0.481 e. The van der Waals surface area contributed by atoms with Crippen molar-refractivity contribution in [2.75, 3.05) is 13.1 Å². The van der Waals surface area contributed by atoms with Crippen molar-refractivity contribution in [2.45, 2.75) is 37.6 Å². The van der Waals surface area contributed by atoms with Gasteiger partial charge in [-0.3, -0.25) is 9.59 Å². The molecule has 2 N–H and O–H groups in total. The smallest absolute Gasteiger partial charge is 0.308 e. The second kappa shape index (κ2) is 8.13. The maximum absolute atomic E-state index is 13.9. The molecule has 0 aromatic heterocycles. The van der Waals surface area contributed by atoms with Crippen molar-refractivity contribution in [3.05, 3.63) is 30.1 Å². The van der Waals surface area contributed by atoms with Crippen molar-refractivity contribution >= 4 is 21.9 Å². The molecule has 1 fully saturated rings. The number of hydrogen-bond acceptors (Lipinski definition) is 4. The number of sulfonamides is 1. The molecule has 26 heavy (non-hydrogen) atoms. The number of halogens is 1. The molecule has 0 aliphatic carbocycles. The van der Waals surface area contributed by atoms with Crippen molar-refractivity contribution in [1.82, 2.24) is 9.62 Å². The van der Waals surface area contributed by atoms with E-state index >= 15 is 0 Å². The first-order chi connectivity index (χ1) is 12.1. The highest BCUT2D eigenvalue weighted by Crippen LogP contribution is 2.20. The minimum absolute atomic E-state index is 0.0405. The van der Waals surface area contributed by atoms with Gasteiger partial charge in [0.25, 0.3) is 0 Å². The van der Waals surface area contributed by atoms with Crippen LogP contribution in [0.15, 0.2) is 29.2 Å². The Labute approximate surface area is 152 Å². The van der Waals surface area contributed by atoms with E-state index < -0.39 is 50.5 Å².